The number of hydrogen-bond donors (Lipinski definition) is 2. The van der Waals surface area contributed by atoms with Gasteiger partial charge in [-0.2, -0.15) is 0 Å². The molecule has 2 rings (SSSR count). The molecule has 0 bridgehead atoms. The molecule has 0 unspecified atom stereocenters. The van der Waals surface area contributed by atoms with E-state index in [0.29, 0.717) is 35.6 Å². The van der Waals surface area contributed by atoms with Crippen molar-refractivity contribution in [2.75, 3.05) is 13.1 Å². The van der Waals surface area contributed by atoms with Crippen LogP contribution in [-0.2, 0) is 6.42 Å². The highest BCUT2D eigenvalue weighted by molar-refractivity contribution is 7.12. The summed E-state index contributed by atoms with van der Waals surface area (Å²) in [5, 5.41) is 7.34. The maximum Gasteiger partial charge on any atom is 0.261 e. The summed E-state index contributed by atoms with van der Waals surface area (Å²) < 4.78 is 0. The summed E-state index contributed by atoms with van der Waals surface area (Å²) in [7, 11) is 0. The lowest BCUT2D eigenvalue weighted by atomic mass is 10.2. The van der Waals surface area contributed by atoms with Crippen LogP contribution >= 0.6 is 11.3 Å². The highest BCUT2D eigenvalue weighted by Gasteiger charge is 2.11. The third-order valence-electron chi connectivity index (χ3n) is 2.82. The van der Waals surface area contributed by atoms with E-state index >= 15 is 0 Å². The fourth-order valence-electron chi connectivity index (χ4n) is 1.77. The van der Waals surface area contributed by atoms with Crippen LogP contribution in [0.4, 0.5) is 0 Å². The Hall–Kier alpha value is -2.28. The third-order valence-corrected chi connectivity index (χ3v) is 3.68. The minimum absolute atomic E-state index is 0.128. The van der Waals surface area contributed by atoms with Gasteiger partial charge in [-0.25, -0.2) is 9.97 Å². The Labute approximate surface area is 126 Å². The number of aryl methyl sites for hydroxylation is 1. The normalized spacial score (nSPS) is 10.1. The smallest absolute Gasteiger partial charge is 0.261 e. The molecule has 0 saturated heterocycles. The van der Waals surface area contributed by atoms with Gasteiger partial charge in [0.25, 0.3) is 11.8 Å². The molecule has 2 aromatic rings. The van der Waals surface area contributed by atoms with Crippen molar-refractivity contribution >= 4 is 23.2 Å². The number of hydrogen-bond acceptors (Lipinski definition) is 5. The van der Waals surface area contributed by atoms with E-state index in [-0.39, 0.29) is 11.8 Å². The van der Waals surface area contributed by atoms with E-state index in [1.165, 1.54) is 23.9 Å². The van der Waals surface area contributed by atoms with Crippen LogP contribution in [0.15, 0.2) is 30.0 Å². The molecule has 0 spiro atoms. The fraction of sp³-hybridized carbons (Fsp3) is 0.286. The SMILES string of the molecule is CCc1ncncc1C(=O)NCCNC(=O)c1cccs1. The molecule has 0 radical (unpaired) electrons. The predicted octanol–water partition coefficient (Wildman–Crippen LogP) is 1.26. The quantitative estimate of drug-likeness (QED) is 0.787. The third kappa shape index (κ3) is 4.09. The molecule has 0 fully saturated rings. The number of rotatable bonds is 6. The van der Waals surface area contributed by atoms with E-state index < -0.39 is 0 Å². The van der Waals surface area contributed by atoms with Crippen LogP contribution < -0.4 is 10.6 Å². The van der Waals surface area contributed by atoms with Crippen molar-refractivity contribution in [2.45, 2.75) is 13.3 Å². The molecule has 0 aliphatic rings. The van der Waals surface area contributed by atoms with E-state index in [1.807, 2.05) is 18.4 Å². The number of aromatic nitrogens is 2. The van der Waals surface area contributed by atoms with Crippen LogP contribution in [0.3, 0.4) is 0 Å². The molecule has 0 aliphatic heterocycles. The Bertz CT molecular complexity index is 613. The summed E-state index contributed by atoms with van der Waals surface area (Å²) in [6.45, 7) is 2.66. The number of carbonyl (C=O) groups is 2. The van der Waals surface area contributed by atoms with Crippen LogP contribution in [-0.4, -0.2) is 34.9 Å². The first kappa shape index (κ1) is 15.1. The van der Waals surface area contributed by atoms with Gasteiger partial charge in [0.15, 0.2) is 0 Å². The molecule has 7 heteroatoms. The van der Waals surface area contributed by atoms with Crippen LogP contribution in [0.2, 0.25) is 0 Å². The minimum Gasteiger partial charge on any atom is -0.350 e. The summed E-state index contributed by atoms with van der Waals surface area (Å²) in [4.78, 5) is 32.3. The van der Waals surface area contributed by atoms with Crippen molar-refractivity contribution in [1.82, 2.24) is 20.6 Å². The van der Waals surface area contributed by atoms with Gasteiger partial charge in [0.1, 0.15) is 6.33 Å². The largest absolute Gasteiger partial charge is 0.350 e. The first-order chi connectivity index (χ1) is 10.2. The van der Waals surface area contributed by atoms with Crippen LogP contribution in [0, 0.1) is 0 Å². The molecule has 0 aliphatic carbocycles. The molecular formula is C14H16N4O2S. The zero-order valence-corrected chi connectivity index (χ0v) is 12.4. The van der Waals surface area contributed by atoms with Crippen molar-refractivity contribution in [3.63, 3.8) is 0 Å². The van der Waals surface area contributed by atoms with E-state index in [4.69, 9.17) is 0 Å². The summed E-state index contributed by atoms with van der Waals surface area (Å²) in [5.74, 6) is -0.352. The number of thiophene rings is 1. The van der Waals surface area contributed by atoms with Crippen LogP contribution in [0.25, 0.3) is 0 Å². The second-order valence-electron chi connectivity index (χ2n) is 4.23. The highest BCUT2D eigenvalue weighted by atomic mass is 32.1. The van der Waals surface area contributed by atoms with Gasteiger partial charge in [-0.3, -0.25) is 9.59 Å². The van der Waals surface area contributed by atoms with Gasteiger partial charge in [-0.05, 0) is 17.9 Å². The molecule has 0 saturated carbocycles. The summed E-state index contributed by atoms with van der Waals surface area (Å²) in [5.41, 5.74) is 1.19. The Balaban J connectivity index is 1.78. The molecule has 110 valence electrons. The second-order valence-corrected chi connectivity index (χ2v) is 5.17. The standard InChI is InChI=1S/C14H16N4O2S/c1-2-11-10(8-15-9-18-11)13(19)16-5-6-17-14(20)12-4-3-7-21-12/h3-4,7-9H,2,5-6H2,1H3,(H,16,19)(H,17,20). The zero-order valence-electron chi connectivity index (χ0n) is 11.6. The van der Waals surface area contributed by atoms with Crippen molar-refractivity contribution in [3.8, 4) is 0 Å². The molecule has 2 heterocycles. The summed E-state index contributed by atoms with van der Waals surface area (Å²) in [6, 6.07) is 3.58. The lowest BCUT2D eigenvalue weighted by Crippen LogP contribution is -2.34. The maximum absolute atomic E-state index is 12.0. The lowest BCUT2D eigenvalue weighted by Gasteiger charge is -2.08. The molecule has 2 N–H and O–H groups in total. The first-order valence-electron chi connectivity index (χ1n) is 6.61. The van der Waals surface area contributed by atoms with Gasteiger partial charge in [0, 0.05) is 19.3 Å². The van der Waals surface area contributed by atoms with Gasteiger partial charge in [0.05, 0.1) is 16.1 Å². The number of nitrogens with zero attached hydrogens (tertiary/aromatic N) is 2. The predicted molar refractivity (Wildman–Crippen MR) is 80.4 cm³/mol. The maximum atomic E-state index is 12.0. The minimum atomic E-state index is -0.224. The Morgan fingerprint density at radius 2 is 2.00 bits per heavy atom. The molecular weight excluding hydrogens is 288 g/mol. The summed E-state index contributed by atoms with van der Waals surface area (Å²) >= 11 is 1.38. The average molecular weight is 304 g/mol. The summed E-state index contributed by atoms with van der Waals surface area (Å²) in [6.07, 6.45) is 3.60. The Morgan fingerprint density at radius 1 is 1.24 bits per heavy atom. The van der Waals surface area contributed by atoms with Gasteiger partial charge in [-0.15, -0.1) is 11.3 Å². The molecule has 0 atom stereocenters. The van der Waals surface area contributed by atoms with E-state index in [2.05, 4.69) is 20.6 Å². The van der Waals surface area contributed by atoms with Crippen molar-refractivity contribution in [2.24, 2.45) is 0 Å². The van der Waals surface area contributed by atoms with E-state index in [9.17, 15) is 9.59 Å². The number of carbonyl (C=O) groups excluding carboxylic acids is 2. The van der Waals surface area contributed by atoms with Crippen LogP contribution in [0.1, 0.15) is 32.6 Å². The zero-order chi connectivity index (χ0) is 15.1. The van der Waals surface area contributed by atoms with E-state index in [0.717, 1.165) is 0 Å². The molecule has 2 amide bonds. The Morgan fingerprint density at radius 3 is 2.67 bits per heavy atom. The number of nitrogens with one attached hydrogen (secondary N) is 2. The van der Waals surface area contributed by atoms with Crippen molar-refractivity contribution in [1.29, 1.82) is 0 Å². The molecule has 21 heavy (non-hydrogen) atoms. The van der Waals surface area contributed by atoms with Crippen LogP contribution in [0.5, 0.6) is 0 Å². The van der Waals surface area contributed by atoms with Gasteiger partial charge in [-0.1, -0.05) is 13.0 Å². The average Bonchev–Trinajstić information content (AvgIpc) is 3.05. The molecule has 0 aromatic carbocycles. The fourth-order valence-corrected chi connectivity index (χ4v) is 2.41. The van der Waals surface area contributed by atoms with Gasteiger partial charge in [0.2, 0.25) is 0 Å². The topological polar surface area (TPSA) is 84.0 Å². The van der Waals surface area contributed by atoms with Crippen molar-refractivity contribution in [3.05, 3.63) is 46.2 Å². The lowest BCUT2D eigenvalue weighted by molar-refractivity contribution is 0.0928. The van der Waals surface area contributed by atoms with Crippen molar-refractivity contribution < 1.29 is 9.59 Å². The Kier molecular flexibility index (Phi) is 5.39. The van der Waals surface area contributed by atoms with Gasteiger partial charge < -0.3 is 10.6 Å². The van der Waals surface area contributed by atoms with E-state index in [1.54, 1.807) is 6.07 Å². The first-order valence-corrected chi connectivity index (χ1v) is 7.49. The highest BCUT2D eigenvalue weighted by Crippen LogP contribution is 2.07. The number of amides is 2. The monoisotopic (exact) mass is 304 g/mol. The van der Waals surface area contributed by atoms with Gasteiger partial charge >= 0.3 is 0 Å². The molecule has 6 nitrogen and oxygen atoms in total. The second kappa shape index (κ2) is 7.49. The molecule has 2 aromatic heterocycles.